The van der Waals surface area contributed by atoms with Gasteiger partial charge in [-0.05, 0) is 69.4 Å². The molecule has 0 amide bonds. The van der Waals surface area contributed by atoms with Crippen LogP contribution >= 0.6 is 0 Å². The van der Waals surface area contributed by atoms with E-state index in [1.165, 1.54) is 6.33 Å². The van der Waals surface area contributed by atoms with E-state index in [1.54, 1.807) is 12.4 Å². The Hall–Kier alpha value is -3.10. The number of rotatable bonds is 7. The second-order valence-corrected chi connectivity index (χ2v) is 9.99. The van der Waals surface area contributed by atoms with Crippen LogP contribution in [0.4, 0.5) is 0 Å². The zero-order valence-electron chi connectivity index (χ0n) is 18.7. The van der Waals surface area contributed by atoms with E-state index in [0.717, 1.165) is 45.3 Å². The fourth-order valence-electron chi connectivity index (χ4n) is 4.20. The van der Waals surface area contributed by atoms with Crippen LogP contribution in [0.5, 0.6) is 0 Å². The number of benzene rings is 2. The van der Waals surface area contributed by atoms with Gasteiger partial charge in [0.05, 0.1) is 29.0 Å². The average molecular weight is 450 g/mol. The van der Waals surface area contributed by atoms with Crippen LogP contribution < -0.4 is 4.72 Å². The number of aryl methyl sites for hydroxylation is 4. The molecule has 0 spiro atoms. The molecule has 7 nitrogen and oxygen atoms in total. The summed E-state index contributed by atoms with van der Waals surface area (Å²) in [6.07, 6.45) is 8.20. The van der Waals surface area contributed by atoms with Crippen LogP contribution in [0, 0.1) is 20.8 Å². The first-order valence-electron chi connectivity index (χ1n) is 10.6. The molecule has 0 fully saturated rings. The monoisotopic (exact) mass is 449 g/mol. The predicted molar refractivity (Wildman–Crippen MR) is 125 cm³/mol. The minimum absolute atomic E-state index is 0.194. The van der Waals surface area contributed by atoms with Crippen molar-refractivity contribution in [2.45, 2.75) is 51.5 Å². The van der Waals surface area contributed by atoms with Crippen molar-refractivity contribution >= 4 is 20.9 Å². The van der Waals surface area contributed by atoms with Gasteiger partial charge in [0.25, 0.3) is 0 Å². The van der Waals surface area contributed by atoms with Gasteiger partial charge in [0.15, 0.2) is 0 Å². The summed E-state index contributed by atoms with van der Waals surface area (Å²) in [5.41, 5.74) is 5.52. The Morgan fingerprint density at radius 1 is 1.00 bits per heavy atom. The van der Waals surface area contributed by atoms with Gasteiger partial charge in [0, 0.05) is 11.4 Å². The van der Waals surface area contributed by atoms with Crippen molar-refractivity contribution in [3.8, 4) is 5.69 Å². The molecule has 0 aliphatic heterocycles. The quantitative estimate of drug-likeness (QED) is 0.460. The minimum atomic E-state index is -3.58. The van der Waals surface area contributed by atoms with Gasteiger partial charge < -0.3 is 0 Å². The minimum Gasteiger partial charge on any atom is -0.243 e. The van der Waals surface area contributed by atoms with E-state index in [-0.39, 0.29) is 6.04 Å². The molecular formula is C24H27N5O2S. The first kappa shape index (κ1) is 22.1. The smallest absolute Gasteiger partial charge is 0.241 e. The third kappa shape index (κ3) is 4.56. The van der Waals surface area contributed by atoms with Crippen molar-refractivity contribution in [2.24, 2.45) is 0 Å². The van der Waals surface area contributed by atoms with Gasteiger partial charge in [-0.25, -0.2) is 27.8 Å². The molecule has 0 radical (unpaired) electrons. The van der Waals surface area contributed by atoms with E-state index in [2.05, 4.69) is 31.9 Å². The van der Waals surface area contributed by atoms with Crippen LogP contribution in [-0.4, -0.2) is 34.2 Å². The zero-order chi connectivity index (χ0) is 22.9. The summed E-state index contributed by atoms with van der Waals surface area (Å²) in [5.74, 6) is 0. The van der Waals surface area contributed by atoms with E-state index >= 15 is 0 Å². The molecule has 4 aromatic rings. The number of sulfonamides is 1. The molecule has 0 saturated heterocycles. The molecule has 32 heavy (non-hydrogen) atoms. The Bertz CT molecular complexity index is 1340. The van der Waals surface area contributed by atoms with Crippen molar-refractivity contribution in [3.63, 3.8) is 0 Å². The highest BCUT2D eigenvalue weighted by Crippen LogP contribution is 2.23. The second-order valence-electron chi connectivity index (χ2n) is 8.34. The third-order valence-electron chi connectivity index (χ3n) is 5.52. The van der Waals surface area contributed by atoms with E-state index in [4.69, 9.17) is 0 Å². The van der Waals surface area contributed by atoms with Crippen LogP contribution in [0.2, 0.25) is 0 Å². The predicted octanol–water partition coefficient (Wildman–Crippen LogP) is 4.04. The van der Waals surface area contributed by atoms with Crippen LogP contribution in [0.3, 0.4) is 0 Å². The topological polar surface area (TPSA) is 89.8 Å². The summed E-state index contributed by atoms with van der Waals surface area (Å²) in [6, 6.07) is 9.79. The normalized spacial score (nSPS) is 12.9. The highest BCUT2D eigenvalue weighted by molar-refractivity contribution is 7.89. The highest BCUT2D eigenvalue weighted by Gasteiger charge is 2.22. The molecule has 0 bridgehead atoms. The molecule has 0 aliphatic rings. The molecule has 2 heterocycles. The highest BCUT2D eigenvalue weighted by atomic mass is 32.2. The Morgan fingerprint density at radius 2 is 1.69 bits per heavy atom. The Morgan fingerprint density at radius 3 is 2.38 bits per heavy atom. The summed E-state index contributed by atoms with van der Waals surface area (Å²) in [7, 11) is -3.58. The summed E-state index contributed by atoms with van der Waals surface area (Å²) in [5, 5.41) is 5.47. The summed E-state index contributed by atoms with van der Waals surface area (Å²) in [4.78, 5) is 8.49. The van der Waals surface area contributed by atoms with Crippen LogP contribution in [0.1, 0.15) is 35.6 Å². The van der Waals surface area contributed by atoms with Crippen LogP contribution in [0.15, 0.2) is 60.1 Å². The molecule has 4 rings (SSSR count). The van der Waals surface area contributed by atoms with Crippen molar-refractivity contribution in [2.75, 3.05) is 0 Å². The largest absolute Gasteiger partial charge is 0.243 e. The standard InChI is InChI=1S/C24H27N5O2S/c1-16-9-17(2)24(18(3)10-16)32(30,31)28-19(4)5-6-20-7-8-23-21(11-20)12-27-29(23)22-13-25-15-26-14-22/h7-15,19,28H,5-6H2,1-4H3/t19-/m0/s1. The number of hydrogen-bond acceptors (Lipinski definition) is 5. The number of fused-ring (bicyclic) bond motifs is 1. The fraction of sp³-hybridized carbons (Fsp3) is 0.292. The fourth-order valence-corrected chi connectivity index (χ4v) is 5.93. The first-order valence-corrected chi connectivity index (χ1v) is 12.0. The number of hydrogen-bond donors (Lipinski definition) is 1. The molecule has 0 saturated carbocycles. The van der Waals surface area contributed by atoms with Crippen molar-refractivity contribution < 1.29 is 8.42 Å². The molecule has 1 atom stereocenters. The molecule has 1 N–H and O–H groups in total. The SMILES string of the molecule is Cc1cc(C)c(S(=O)(=O)N[C@@H](C)CCc2ccc3c(cnn3-c3cncnc3)c2)c(C)c1. The van der Waals surface area contributed by atoms with Gasteiger partial charge in [-0.3, -0.25) is 0 Å². The van der Waals surface area contributed by atoms with Gasteiger partial charge in [0.1, 0.15) is 12.0 Å². The molecule has 2 aromatic carbocycles. The van der Waals surface area contributed by atoms with Gasteiger partial charge in [0.2, 0.25) is 10.0 Å². The zero-order valence-corrected chi connectivity index (χ0v) is 19.5. The van der Waals surface area contributed by atoms with Crippen molar-refractivity contribution in [1.29, 1.82) is 0 Å². The number of aromatic nitrogens is 4. The van der Waals surface area contributed by atoms with Crippen molar-refractivity contribution in [3.05, 3.63) is 77.5 Å². The maximum atomic E-state index is 13.0. The molecule has 0 aliphatic carbocycles. The molecule has 2 aromatic heterocycles. The lowest BCUT2D eigenvalue weighted by Crippen LogP contribution is -2.33. The molecule has 166 valence electrons. The van der Waals surface area contributed by atoms with Crippen LogP contribution in [-0.2, 0) is 16.4 Å². The maximum absolute atomic E-state index is 13.0. The summed E-state index contributed by atoms with van der Waals surface area (Å²) >= 11 is 0. The lowest BCUT2D eigenvalue weighted by atomic mass is 10.1. The van der Waals surface area contributed by atoms with Crippen LogP contribution in [0.25, 0.3) is 16.6 Å². The Balaban J connectivity index is 1.46. The first-order chi connectivity index (χ1) is 15.2. The van der Waals surface area contributed by atoms with Gasteiger partial charge in [-0.15, -0.1) is 0 Å². The summed E-state index contributed by atoms with van der Waals surface area (Å²) < 4.78 is 30.6. The van der Waals surface area contributed by atoms with Gasteiger partial charge in [-0.1, -0.05) is 23.8 Å². The third-order valence-corrected chi connectivity index (χ3v) is 7.41. The van der Waals surface area contributed by atoms with E-state index < -0.39 is 10.0 Å². The number of nitrogens with zero attached hydrogens (tertiary/aromatic N) is 4. The Labute approximate surface area is 188 Å². The molecular weight excluding hydrogens is 422 g/mol. The lowest BCUT2D eigenvalue weighted by Gasteiger charge is -2.17. The van der Waals surface area contributed by atoms with E-state index in [9.17, 15) is 8.42 Å². The van der Waals surface area contributed by atoms with Crippen molar-refractivity contribution in [1.82, 2.24) is 24.5 Å². The van der Waals surface area contributed by atoms with Gasteiger partial charge in [-0.2, -0.15) is 5.10 Å². The number of nitrogens with one attached hydrogen (secondary N) is 1. The van der Waals surface area contributed by atoms with E-state index in [0.29, 0.717) is 11.3 Å². The Kier molecular flexibility index (Phi) is 6.08. The summed E-state index contributed by atoms with van der Waals surface area (Å²) in [6.45, 7) is 7.56. The van der Waals surface area contributed by atoms with Gasteiger partial charge >= 0.3 is 0 Å². The average Bonchev–Trinajstić information content (AvgIpc) is 3.15. The van der Waals surface area contributed by atoms with E-state index in [1.807, 2.05) is 56.8 Å². The molecule has 8 heteroatoms. The second kappa shape index (κ2) is 8.80. The maximum Gasteiger partial charge on any atom is 0.241 e. The lowest BCUT2D eigenvalue weighted by molar-refractivity contribution is 0.546. The molecule has 0 unspecified atom stereocenters.